The maximum Gasteiger partial charge on any atom is 0.234 e. The molecule has 1 saturated heterocycles. The highest BCUT2D eigenvalue weighted by molar-refractivity contribution is 7.81. The van der Waals surface area contributed by atoms with Crippen LogP contribution in [0.15, 0.2) is 0 Å². The average Bonchev–Trinajstić information content (AvgIpc) is 2.58. The van der Waals surface area contributed by atoms with Gasteiger partial charge in [-0.3, -0.25) is 9.69 Å². The maximum absolute atomic E-state index is 11.3. The van der Waals surface area contributed by atoms with Crippen molar-refractivity contribution in [1.29, 1.82) is 0 Å². The zero-order valence-corrected chi connectivity index (χ0v) is 7.76. The van der Waals surface area contributed by atoms with E-state index in [0.29, 0.717) is 18.1 Å². The van der Waals surface area contributed by atoms with E-state index in [9.17, 15) is 4.79 Å². The third-order valence-corrected chi connectivity index (χ3v) is 2.59. The van der Waals surface area contributed by atoms with Gasteiger partial charge in [-0.05, 0) is 5.21 Å². The summed E-state index contributed by atoms with van der Waals surface area (Å²) in [4.78, 5) is 12.8. The van der Waals surface area contributed by atoms with Crippen molar-refractivity contribution >= 4 is 35.2 Å². The lowest BCUT2D eigenvalue weighted by Gasteiger charge is -2.08. The Hall–Kier alpha value is -0.690. The lowest BCUT2D eigenvalue weighted by atomic mass is 10.4. The average molecular weight is 202 g/mol. The predicted octanol–water partition coefficient (Wildman–Crippen LogP) is -0.0318. The number of aromatic nitrogens is 3. The number of hydrogen-bond acceptors (Lipinski definition) is 6. The predicted molar refractivity (Wildman–Crippen MR) is 47.4 cm³/mol. The minimum absolute atomic E-state index is 0.0496. The molecule has 0 spiro atoms. The van der Waals surface area contributed by atoms with Gasteiger partial charge in [0.1, 0.15) is 0 Å². The molecule has 5 nitrogen and oxygen atoms in total. The maximum atomic E-state index is 11.3. The van der Waals surface area contributed by atoms with Gasteiger partial charge in [-0.15, -0.1) is 0 Å². The minimum Gasteiger partial charge on any atom is -0.284 e. The highest BCUT2D eigenvalue weighted by atomic mass is 32.1. The van der Waals surface area contributed by atoms with Crippen LogP contribution >= 0.6 is 24.2 Å². The molecule has 0 bridgehead atoms. The molecule has 12 heavy (non-hydrogen) atoms. The van der Waals surface area contributed by atoms with Gasteiger partial charge in [0.2, 0.25) is 11.0 Å². The Labute approximate surface area is 78.3 Å². The van der Waals surface area contributed by atoms with Crippen LogP contribution in [-0.4, -0.2) is 32.5 Å². The molecule has 0 aromatic carbocycles. The Morgan fingerprint density at radius 1 is 1.67 bits per heavy atom. The van der Waals surface area contributed by atoms with E-state index in [1.165, 1.54) is 0 Å². The Balaban J connectivity index is 2.21. The van der Waals surface area contributed by atoms with Crippen molar-refractivity contribution in [2.24, 2.45) is 0 Å². The number of thiol groups is 1. The summed E-state index contributed by atoms with van der Waals surface area (Å²) in [5.74, 6) is 0.0496. The van der Waals surface area contributed by atoms with Gasteiger partial charge in [0, 0.05) is 29.7 Å². The summed E-state index contributed by atoms with van der Waals surface area (Å²) in [5, 5.41) is 7.82. The number of hydrogen-bond donors (Lipinski definition) is 1. The zero-order chi connectivity index (χ0) is 8.55. The van der Waals surface area contributed by atoms with Crippen LogP contribution in [0.3, 0.4) is 0 Å². The van der Waals surface area contributed by atoms with Crippen LogP contribution in [0.1, 0.15) is 6.42 Å². The fraction of sp³-hybridized carbons (Fsp3) is 0.600. The molecule has 1 fully saturated rings. The van der Waals surface area contributed by atoms with Crippen LogP contribution in [0.25, 0.3) is 0 Å². The van der Waals surface area contributed by atoms with Crippen LogP contribution in [0.2, 0.25) is 0 Å². The third-order valence-electron chi connectivity index (χ3n) is 1.62. The number of carbonyl (C=O) groups is 1. The Morgan fingerprint density at radius 3 is 3.00 bits per heavy atom. The molecule has 1 aromatic rings. The van der Waals surface area contributed by atoms with Crippen molar-refractivity contribution in [2.75, 3.05) is 11.4 Å². The molecule has 1 atom stereocenters. The molecular weight excluding hydrogens is 196 g/mol. The van der Waals surface area contributed by atoms with Crippen molar-refractivity contribution in [1.82, 2.24) is 14.8 Å². The van der Waals surface area contributed by atoms with Crippen molar-refractivity contribution in [2.45, 2.75) is 11.7 Å². The molecule has 1 unspecified atom stereocenters. The van der Waals surface area contributed by atoms with Crippen molar-refractivity contribution in [3.05, 3.63) is 0 Å². The van der Waals surface area contributed by atoms with Gasteiger partial charge in [0.25, 0.3) is 0 Å². The van der Waals surface area contributed by atoms with Gasteiger partial charge >= 0.3 is 0 Å². The van der Waals surface area contributed by atoms with Gasteiger partial charge in [-0.2, -0.15) is 12.6 Å². The standard InChI is InChI=1S/C5H6N4OS2/c10-4-1-3(11)2-9(4)5-6-7-8-12-5/h3,11H,1-2H2. The van der Waals surface area contributed by atoms with Crippen LogP contribution in [-0.2, 0) is 4.79 Å². The fourth-order valence-corrected chi connectivity index (χ4v) is 1.92. The van der Waals surface area contributed by atoms with Gasteiger partial charge in [0.15, 0.2) is 0 Å². The highest BCUT2D eigenvalue weighted by Crippen LogP contribution is 2.23. The topological polar surface area (TPSA) is 59.0 Å². The Kier molecular flexibility index (Phi) is 1.97. The first kappa shape index (κ1) is 7.93. The first-order valence-electron chi connectivity index (χ1n) is 3.41. The Bertz CT molecular complexity index is 288. The smallest absolute Gasteiger partial charge is 0.234 e. The second-order valence-corrected chi connectivity index (χ2v) is 3.95. The van der Waals surface area contributed by atoms with E-state index < -0.39 is 0 Å². The summed E-state index contributed by atoms with van der Waals surface area (Å²) in [6.07, 6.45) is 0.475. The molecule has 64 valence electrons. The monoisotopic (exact) mass is 202 g/mol. The molecule has 2 rings (SSSR count). The second-order valence-electron chi connectivity index (χ2n) is 2.51. The van der Waals surface area contributed by atoms with Crippen molar-refractivity contribution in [3.8, 4) is 0 Å². The first-order chi connectivity index (χ1) is 5.77. The van der Waals surface area contributed by atoms with Crippen LogP contribution in [0, 0.1) is 0 Å². The molecular formula is C5H6N4OS2. The molecule has 2 heterocycles. The van der Waals surface area contributed by atoms with Crippen molar-refractivity contribution < 1.29 is 4.79 Å². The summed E-state index contributed by atoms with van der Waals surface area (Å²) in [5.41, 5.74) is 0. The lowest BCUT2D eigenvalue weighted by molar-refractivity contribution is -0.117. The Morgan fingerprint density at radius 2 is 2.50 bits per heavy atom. The van der Waals surface area contributed by atoms with E-state index in [0.717, 1.165) is 11.5 Å². The largest absolute Gasteiger partial charge is 0.284 e. The number of carbonyl (C=O) groups excluding carboxylic acids is 1. The summed E-state index contributed by atoms with van der Waals surface area (Å²) in [7, 11) is 0. The first-order valence-corrected chi connectivity index (χ1v) is 4.70. The van der Waals surface area contributed by atoms with Gasteiger partial charge in [0.05, 0.1) is 0 Å². The van der Waals surface area contributed by atoms with E-state index in [2.05, 4.69) is 27.4 Å². The second kappa shape index (κ2) is 2.98. The lowest BCUT2D eigenvalue weighted by Crippen LogP contribution is -2.24. The number of rotatable bonds is 1. The van der Waals surface area contributed by atoms with E-state index >= 15 is 0 Å². The highest BCUT2D eigenvalue weighted by Gasteiger charge is 2.30. The SMILES string of the molecule is O=C1CC(S)CN1c1nnns1. The summed E-state index contributed by atoms with van der Waals surface area (Å²) in [6.45, 7) is 0.610. The van der Waals surface area contributed by atoms with Crippen LogP contribution in [0.5, 0.6) is 0 Å². The van der Waals surface area contributed by atoms with E-state index in [-0.39, 0.29) is 11.2 Å². The van der Waals surface area contributed by atoms with E-state index in [4.69, 9.17) is 0 Å². The zero-order valence-electron chi connectivity index (χ0n) is 6.04. The van der Waals surface area contributed by atoms with Crippen molar-refractivity contribution in [3.63, 3.8) is 0 Å². The molecule has 7 heteroatoms. The molecule has 0 N–H and O–H groups in total. The summed E-state index contributed by atoms with van der Waals surface area (Å²) in [6, 6.07) is 0. The molecule has 1 aliphatic rings. The molecule has 1 amide bonds. The quantitative estimate of drug-likeness (QED) is 0.650. The van der Waals surface area contributed by atoms with Crippen LogP contribution < -0.4 is 4.90 Å². The van der Waals surface area contributed by atoms with Gasteiger partial charge in [-0.1, -0.05) is 9.59 Å². The molecule has 1 aliphatic heterocycles. The minimum atomic E-state index is 0.0496. The number of nitrogens with zero attached hydrogens (tertiary/aromatic N) is 4. The van der Waals surface area contributed by atoms with E-state index in [1.54, 1.807) is 4.90 Å². The summed E-state index contributed by atoms with van der Waals surface area (Å²) < 4.78 is 3.59. The molecule has 0 saturated carbocycles. The van der Waals surface area contributed by atoms with E-state index in [1.807, 2.05) is 0 Å². The molecule has 1 aromatic heterocycles. The van der Waals surface area contributed by atoms with Crippen LogP contribution in [0.4, 0.5) is 5.13 Å². The molecule has 0 aliphatic carbocycles. The molecule has 0 radical (unpaired) electrons. The van der Waals surface area contributed by atoms with Gasteiger partial charge < -0.3 is 0 Å². The number of anilines is 1. The normalized spacial score (nSPS) is 23.6. The summed E-state index contributed by atoms with van der Waals surface area (Å²) >= 11 is 5.34. The number of amides is 1. The third kappa shape index (κ3) is 1.29. The van der Waals surface area contributed by atoms with Gasteiger partial charge in [-0.25, -0.2) is 0 Å². The fourth-order valence-electron chi connectivity index (χ4n) is 1.11.